The van der Waals surface area contributed by atoms with Gasteiger partial charge in [0, 0.05) is 45.8 Å². The monoisotopic (exact) mass is 429 g/mol. The second kappa shape index (κ2) is 10.2. The van der Waals surface area contributed by atoms with Gasteiger partial charge in [0.05, 0.1) is 7.11 Å². The Hall–Kier alpha value is -1.79. The molecule has 2 aliphatic heterocycles. The van der Waals surface area contributed by atoms with Crippen molar-refractivity contribution in [3.8, 4) is 5.75 Å². The third kappa shape index (κ3) is 5.92. The summed E-state index contributed by atoms with van der Waals surface area (Å²) >= 11 is 0. The minimum absolute atomic E-state index is 0.440. The summed E-state index contributed by atoms with van der Waals surface area (Å²) in [6, 6.07) is 8.45. The molecule has 0 aromatic heterocycles. The van der Waals surface area contributed by atoms with Gasteiger partial charge in [-0.2, -0.15) is 0 Å². The molecule has 1 aromatic rings. The van der Waals surface area contributed by atoms with Crippen LogP contribution in [0.1, 0.15) is 50.5 Å². The second-order valence-electron chi connectivity index (χ2n) is 9.97. The van der Waals surface area contributed by atoms with Crippen molar-refractivity contribution < 1.29 is 14.6 Å². The number of hydrogen-bond acceptors (Lipinski definition) is 4. The van der Waals surface area contributed by atoms with Crippen LogP contribution in [-0.2, 0) is 6.54 Å². The van der Waals surface area contributed by atoms with E-state index in [2.05, 4.69) is 34.1 Å². The molecule has 0 radical (unpaired) electrons. The third-order valence-electron chi connectivity index (χ3n) is 8.14. The summed E-state index contributed by atoms with van der Waals surface area (Å²) in [5, 5.41) is 9.18. The van der Waals surface area contributed by atoms with Gasteiger partial charge < -0.3 is 19.6 Å². The van der Waals surface area contributed by atoms with Gasteiger partial charge in [0.1, 0.15) is 5.75 Å². The zero-order valence-corrected chi connectivity index (χ0v) is 19.1. The molecule has 6 heteroatoms. The summed E-state index contributed by atoms with van der Waals surface area (Å²) in [5.74, 6) is 1.79. The molecule has 3 aliphatic rings. The van der Waals surface area contributed by atoms with Crippen LogP contribution in [0.2, 0.25) is 0 Å². The molecular weight excluding hydrogens is 390 g/mol. The van der Waals surface area contributed by atoms with Crippen molar-refractivity contribution in [2.45, 2.75) is 51.5 Å². The highest BCUT2D eigenvalue weighted by Gasteiger charge is 2.38. The quantitative estimate of drug-likeness (QED) is 0.736. The SMILES string of the molecule is COc1ccc(CN2CCN(CCC3CCC4(CC3)CCN(C(=O)O)CC4)CC2)cc1. The molecule has 31 heavy (non-hydrogen) atoms. The zero-order chi connectivity index (χ0) is 21.7. The number of nitrogens with zero attached hydrogens (tertiary/aromatic N) is 3. The van der Waals surface area contributed by atoms with E-state index in [0.29, 0.717) is 5.41 Å². The number of amides is 1. The van der Waals surface area contributed by atoms with Gasteiger partial charge in [-0.05, 0) is 80.5 Å². The number of carboxylic acid groups (broad SMARTS) is 1. The van der Waals surface area contributed by atoms with Crippen LogP contribution in [0.3, 0.4) is 0 Å². The standard InChI is InChI=1S/C25H39N3O3/c1-31-23-4-2-22(3-5-23)20-27-18-16-26(17-19-27)13-8-21-6-9-25(10-7-21)11-14-28(15-12-25)24(29)30/h2-5,21H,6-20H2,1H3,(H,29,30). The Morgan fingerprint density at radius 3 is 2.16 bits per heavy atom. The zero-order valence-electron chi connectivity index (χ0n) is 19.1. The first-order valence-electron chi connectivity index (χ1n) is 12.1. The van der Waals surface area contributed by atoms with E-state index in [1.165, 1.54) is 57.3 Å². The first-order valence-corrected chi connectivity index (χ1v) is 12.1. The fourth-order valence-corrected chi connectivity index (χ4v) is 5.78. The highest BCUT2D eigenvalue weighted by Crippen LogP contribution is 2.47. The summed E-state index contributed by atoms with van der Waals surface area (Å²) in [6.45, 7) is 8.40. The molecule has 0 bridgehead atoms. The fourth-order valence-electron chi connectivity index (χ4n) is 5.78. The van der Waals surface area contributed by atoms with E-state index in [1.807, 2.05) is 0 Å². The van der Waals surface area contributed by atoms with E-state index in [-0.39, 0.29) is 0 Å². The summed E-state index contributed by atoms with van der Waals surface area (Å²) in [6.07, 6.45) is 8.02. The smallest absolute Gasteiger partial charge is 0.407 e. The van der Waals surface area contributed by atoms with Gasteiger partial charge in [-0.25, -0.2) is 4.79 Å². The van der Waals surface area contributed by atoms with Gasteiger partial charge in [-0.1, -0.05) is 12.1 Å². The Labute approximate surface area is 187 Å². The average molecular weight is 430 g/mol. The number of likely N-dealkylation sites (tertiary alicyclic amines) is 1. The summed E-state index contributed by atoms with van der Waals surface area (Å²) in [7, 11) is 1.71. The molecule has 1 aliphatic carbocycles. The van der Waals surface area contributed by atoms with Gasteiger partial charge >= 0.3 is 6.09 Å². The van der Waals surface area contributed by atoms with Gasteiger partial charge in [0.15, 0.2) is 0 Å². The minimum atomic E-state index is -0.743. The van der Waals surface area contributed by atoms with Crippen molar-refractivity contribution in [3.63, 3.8) is 0 Å². The largest absolute Gasteiger partial charge is 0.497 e. The van der Waals surface area contributed by atoms with Crippen molar-refractivity contribution >= 4 is 6.09 Å². The van der Waals surface area contributed by atoms with Crippen LogP contribution in [0, 0.1) is 11.3 Å². The van der Waals surface area contributed by atoms with Crippen LogP contribution in [-0.4, -0.2) is 78.8 Å². The number of methoxy groups -OCH3 is 1. The Kier molecular flexibility index (Phi) is 7.39. The predicted octanol–water partition coefficient (Wildman–Crippen LogP) is 4.15. The molecule has 172 valence electrons. The van der Waals surface area contributed by atoms with Crippen molar-refractivity contribution in [1.82, 2.24) is 14.7 Å². The topological polar surface area (TPSA) is 56.2 Å². The van der Waals surface area contributed by atoms with E-state index in [0.717, 1.165) is 57.2 Å². The lowest BCUT2D eigenvalue weighted by Crippen LogP contribution is -2.46. The lowest BCUT2D eigenvalue weighted by Gasteiger charge is -2.45. The summed E-state index contributed by atoms with van der Waals surface area (Å²) in [5.41, 5.74) is 1.80. The maximum Gasteiger partial charge on any atom is 0.407 e. The third-order valence-corrected chi connectivity index (χ3v) is 8.14. The normalized spacial score (nSPS) is 23.2. The Balaban J connectivity index is 1.12. The van der Waals surface area contributed by atoms with E-state index >= 15 is 0 Å². The van der Waals surface area contributed by atoms with Crippen LogP contribution >= 0.6 is 0 Å². The Bertz CT molecular complexity index is 697. The lowest BCUT2D eigenvalue weighted by atomic mass is 9.65. The van der Waals surface area contributed by atoms with E-state index < -0.39 is 6.09 Å². The molecule has 1 saturated carbocycles. The Morgan fingerprint density at radius 1 is 0.968 bits per heavy atom. The van der Waals surface area contributed by atoms with E-state index in [9.17, 15) is 9.90 Å². The van der Waals surface area contributed by atoms with Crippen LogP contribution in [0.4, 0.5) is 4.79 Å². The van der Waals surface area contributed by atoms with Crippen molar-refractivity contribution in [3.05, 3.63) is 29.8 Å². The molecule has 4 rings (SSSR count). The molecule has 2 saturated heterocycles. The van der Waals surface area contributed by atoms with Gasteiger partial charge in [-0.15, -0.1) is 0 Å². The predicted molar refractivity (Wildman–Crippen MR) is 123 cm³/mol. The average Bonchev–Trinajstić information content (AvgIpc) is 2.80. The van der Waals surface area contributed by atoms with E-state index in [1.54, 1.807) is 12.0 Å². The molecule has 0 unspecified atom stereocenters. The first kappa shape index (κ1) is 22.4. The van der Waals surface area contributed by atoms with E-state index in [4.69, 9.17) is 4.74 Å². The number of hydrogen-bond donors (Lipinski definition) is 1. The minimum Gasteiger partial charge on any atom is -0.497 e. The van der Waals surface area contributed by atoms with Crippen LogP contribution in [0.15, 0.2) is 24.3 Å². The molecule has 1 aromatic carbocycles. The van der Waals surface area contributed by atoms with Crippen LogP contribution in [0.5, 0.6) is 5.75 Å². The maximum atomic E-state index is 11.2. The number of piperazine rings is 1. The highest BCUT2D eigenvalue weighted by atomic mass is 16.5. The molecule has 3 fully saturated rings. The molecule has 1 spiro atoms. The number of rotatable bonds is 6. The maximum absolute atomic E-state index is 11.2. The lowest BCUT2D eigenvalue weighted by molar-refractivity contribution is 0.0469. The highest BCUT2D eigenvalue weighted by molar-refractivity contribution is 5.65. The second-order valence-corrected chi connectivity index (χ2v) is 9.97. The van der Waals surface area contributed by atoms with Crippen LogP contribution < -0.4 is 4.74 Å². The molecule has 1 N–H and O–H groups in total. The number of carbonyl (C=O) groups is 1. The summed E-state index contributed by atoms with van der Waals surface area (Å²) in [4.78, 5) is 18.0. The molecule has 1 amide bonds. The van der Waals surface area contributed by atoms with Gasteiger partial charge in [0.25, 0.3) is 0 Å². The van der Waals surface area contributed by atoms with Crippen molar-refractivity contribution in [2.75, 3.05) is 52.9 Å². The molecule has 6 nitrogen and oxygen atoms in total. The first-order chi connectivity index (χ1) is 15.0. The fraction of sp³-hybridized carbons (Fsp3) is 0.720. The Morgan fingerprint density at radius 2 is 1.58 bits per heavy atom. The number of ether oxygens (including phenoxy) is 1. The molecule has 0 atom stereocenters. The van der Waals surface area contributed by atoms with Crippen molar-refractivity contribution in [2.24, 2.45) is 11.3 Å². The van der Waals surface area contributed by atoms with Crippen molar-refractivity contribution in [1.29, 1.82) is 0 Å². The number of piperidine rings is 1. The van der Waals surface area contributed by atoms with Crippen LogP contribution in [0.25, 0.3) is 0 Å². The molecule has 2 heterocycles. The van der Waals surface area contributed by atoms with Gasteiger partial charge in [0.2, 0.25) is 0 Å². The molecular formula is C25H39N3O3. The summed E-state index contributed by atoms with van der Waals surface area (Å²) < 4.78 is 5.25. The van der Waals surface area contributed by atoms with Gasteiger partial charge in [-0.3, -0.25) is 4.90 Å². The number of benzene rings is 1.